The number of nitrogens with zero attached hydrogens (tertiary/aromatic N) is 2. The van der Waals surface area contributed by atoms with Gasteiger partial charge < -0.3 is 10.3 Å². The average Bonchev–Trinajstić information content (AvgIpc) is 3.12. The fourth-order valence-corrected chi connectivity index (χ4v) is 3.50. The highest BCUT2D eigenvalue weighted by Gasteiger charge is 2.30. The topological polar surface area (TPSA) is 70.7 Å². The third-order valence-electron chi connectivity index (χ3n) is 5.36. The third-order valence-corrected chi connectivity index (χ3v) is 5.61. The number of H-pyrrole nitrogens is 1. The number of hydrogen-bond donors (Lipinski definition) is 2. The van der Waals surface area contributed by atoms with E-state index in [1.54, 1.807) is 18.3 Å². The van der Waals surface area contributed by atoms with Crippen LogP contribution in [0.15, 0.2) is 54.7 Å². The molecule has 0 spiro atoms. The second kappa shape index (κ2) is 7.58. The maximum absolute atomic E-state index is 13.1. The monoisotopic (exact) mass is 418 g/mol. The van der Waals surface area contributed by atoms with Crippen molar-refractivity contribution in [3.63, 3.8) is 0 Å². The average molecular weight is 419 g/mol. The van der Waals surface area contributed by atoms with Crippen molar-refractivity contribution in [2.75, 3.05) is 5.32 Å². The van der Waals surface area contributed by atoms with E-state index in [9.17, 15) is 4.79 Å². The van der Waals surface area contributed by atoms with Crippen LogP contribution in [0.25, 0.3) is 22.6 Å². The molecule has 0 saturated heterocycles. The number of nitrogens with one attached hydrogen (secondary N) is 2. The van der Waals surface area contributed by atoms with Crippen LogP contribution in [0.4, 0.5) is 5.69 Å². The van der Waals surface area contributed by atoms with Crippen LogP contribution in [0.2, 0.25) is 5.02 Å². The lowest BCUT2D eigenvalue weighted by Crippen LogP contribution is -2.34. The molecule has 152 valence electrons. The smallest absolute Gasteiger partial charge is 0.234 e. The summed E-state index contributed by atoms with van der Waals surface area (Å²) in [5.41, 5.74) is 5.52. The van der Waals surface area contributed by atoms with Crippen LogP contribution in [0.3, 0.4) is 0 Å². The Morgan fingerprint density at radius 3 is 2.53 bits per heavy atom. The molecule has 6 heteroatoms. The Bertz CT molecular complexity index is 1240. The van der Waals surface area contributed by atoms with Crippen molar-refractivity contribution in [3.8, 4) is 11.4 Å². The summed E-state index contributed by atoms with van der Waals surface area (Å²) in [4.78, 5) is 25.4. The number of halogens is 1. The van der Waals surface area contributed by atoms with E-state index < -0.39 is 5.41 Å². The normalized spacial score (nSPS) is 11.6. The van der Waals surface area contributed by atoms with Gasteiger partial charge >= 0.3 is 0 Å². The second-order valence-electron chi connectivity index (χ2n) is 8.08. The lowest BCUT2D eigenvalue weighted by atomic mass is 9.83. The van der Waals surface area contributed by atoms with Crippen LogP contribution in [0, 0.1) is 13.8 Å². The second-order valence-corrected chi connectivity index (χ2v) is 8.52. The molecule has 0 fully saturated rings. The number of imidazole rings is 1. The quantitative estimate of drug-likeness (QED) is 0.439. The SMILES string of the molecule is Cc1cnc2nc(-c3cc(NC(=O)C(C)(C)c4ccc(Cl)cc4)ccc3C)[nH]c2c1. The van der Waals surface area contributed by atoms with Gasteiger partial charge in [0.05, 0.1) is 10.9 Å². The number of aromatic nitrogens is 3. The van der Waals surface area contributed by atoms with Gasteiger partial charge in [-0.3, -0.25) is 4.79 Å². The molecule has 2 aromatic heterocycles. The fourth-order valence-electron chi connectivity index (χ4n) is 3.37. The molecule has 0 saturated carbocycles. The summed E-state index contributed by atoms with van der Waals surface area (Å²) in [5.74, 6) is 0.634. The highest BCUT2D eigenvalue weighted by atomic mass is 35.5. The van der Waals surface area contributed by atoms with E-state index in [2.05, 4.69) is 20.3 Å². The molecule has 2 aromatic carbocycles. The molecule has 2 N–H and O–H groups in total. The summed E-state index contributed by atoms with van der Waals surface area (Å²) >= 11 is 5.99. The zero-order valence-corrected chi connectivity index (χ0v) is 18.1. The Hall–Kier alpha value is -3.18. The number of benzene rings is 2. The Balaban J connectivity index is 1.64. The number of rotatable bonds is 4. The largest absolute Gasteiger partial charge is 0.337 e. The molecule has 0 bridgehead atoms. The maximum Gasteiger partial charge on any atom is 0.234 e. The van der Waals surface area contributed by atoms with Crippen molar-refractivity contribution in [3.05, 3.63) is 76.4 Å². The van der Waals surface area contributed by atoms with Gasteiger partial charge in [-0.1, -0.05) is 29.8 Å². The number of anilines is 1. The van der Waals surface area contributed by atoms with Crippen LogP contribution < -0.4 is 5.32 Å². The number of fused-ring (bicyclic) bond motifs is 1. The van der Waals surface area contributed by atoms with E-state index in [1.807, 2.05) is 64.1 Å². The summed E-state index contributed by atoms with van der Waals surface area (Å²) in [6, 6.07) is 15.2. The van der Waals surface area contributed by atoms with Crippen LogP contribution in [-0.4, -0.2) is 20.9 Å². The van der Waals surface area contributed by atoms with Gasteiger partial charge in [0.15, 0.2) is 5.65 Å². The van der Waals surface area contributed by atoms with Gasteiger partial charge in [-0.2, -0.15) is 0 Å². The minimum atomic E-state index is -0.712. The van der Waals surface area contributed by atoms with Crippen LogP contribution in [-0.2, 0) is 10.2 Å². The van der Waals surface area contributed by atoms with Crippen molar-refractivity contribution in [1.29, 1.82) is 0 Å². The van der Waals surface area contributed by atoms with E-state index >= 15 is 0 Å². The molecule has 5 nitrogen and oxygen atoms in total. The standard InChI is InChI=1S/C24H23ClN4O/c1-14-11-20-22(26-13-14)29-21(28-20)19-12-18(10-5-15(19)2)27-23(30)24(3,4)16-6-8-17(25)9-7-16/h5-13H,1-4H3,(H,27,30)(H,26,28,29). The Labute approximate surface area is 180 Å². The van der Waals surface area contributed by atoms with E-state index in [0.717, 1.165) is 33.6 Å². The summed E-state index contributed by atoms with van der Waals surface area (Å²) in [6.45, 7) is 7.81. The van der Waals surface area contributed by atoms with Crippen molar-refractivity contribution in [1.82, 2.24) is 15.0 Å². The maximum atomic E-state index is 13.1. The molecular formula is C24H23ClN4O. The molecule has 0 aliphatic carbocycles. The van der Waals surface area contributed by atoms with E-state index in [0.29, 0.717) is 16.4 Å². The Kier molecular flexibility index (Phi) is 5.08. The zero-order valence-electron chi connectivity index (χ0n) is 17.4. The number of aromatic amines is 1. The van der Waals surface area contributed by atoms with Crippen LogP contribution in [0.1, 0.15) is 30.5 Å². The molecule has 4 aromatic rings. The predicted molar refractivity (Wildman–Crippen MR) is 122 cm³/mol. The third kappa shape index (κ3) is 3.81. The number of amides is 1. The lowest BCUT2D eigenvalue weighted by Gasteiger charge is -2.24. The van der Waals surface area contributed by atoms with Crippen molar-refractivity contribution in [2.45, 2.75) is 33.1 Å². The molecule has 1 amide bonds. The minimum absolute atomic E-state index is 0.0958. The van der Waals surface area contributed by atoms with Gasteiger partial charge in [-0.15, -0.1) is 0 Å². The molecule has 0 aliphatic rings. The van der Waals surface area contributed by atoms with Crippen molar-refractivity contribution < 1.29 is 4.79 Å². The van der Waals surface area contributed by atoms with Crippen LogP contribution >= 0.6 is 11.6 Å². The molecule has 4 rings (SSSR count). The van der Waals surface area contributed by atoms with Gasteiger partial charge in [-0.05, 0) is 74.7 Å². The first-order valence-corrected chi connectivity index (χ1v) is 10.1. The fraction of sp³-hybridized carbons (Fsp3) is 0.208. The van der Waals surface area contributed by atoms with Gasteiger partial charge in [0.2, 0.25) is 5.91 Å². The van der Waals surface area contributed by atoms with E-state index in [4.69, 9.17) is 11.6 Å². The number of carbonyl (C=O) groups is 1. The summed E-state index contributed by atoms with van der Waals surface area (Å²) < 4.78 is 0. The number of pyridine rings is 1. The molecule has 0 aliphatic heterocycles. The molecule has 30 heavy (non-hydrogen) atoms. The molecule has 0 atom stereocenters. The summed E-state index contributed by atoms with van der Waals surface area (Å²) in [7, 11) is 0. The Morgan fingerprint density at radius 2 is 1.80 bits per heavy atom. The van der Waals surface area contributed by atoms with Crippen LogP contribution in [0.5, 0.6) is 0 Å². The number of aryl methyl sites for hydroxylation is 2. The lowest BCUT2D eigenvalue weighted by molar-refractivity contribution is -0.120. The first-order valence-electron chi connectivity index (χ1n) is 9.75. The van der Waals surface area contributed by atoms with E-state index in [1.165, 1.54) is 0 Å². The molecular weight excluding hydrogens is 396 g/mol. The Morgan fingerprint density at radius 1 is 1.07 bits per heavy atom. The van der Waals surface area contributed by atoms with E-state index in [-0.39, 0.29) is 5.91 Å². The van der Waals surface area contributed by atoms with Crippen molar-refractivity contribution in [2.24, 2.45) is 0 Å². The first-order chi connectivity index (χ1) is 14.2. The molecule has 0 radical (unpaired) electrons. The zero-order chi connectivity index (χ0) is 21.5. The molecule has 2 heterocycles. The summed E-state index contributed by atoms with van der Waals surface area (Å²) in [6.07, 6.45) is 1.80. The molecule has 0 unspecified atom stereocenters. The highest BCUT2D eigenvalue weighted by molar-refractivity contribution is 6.30. The summed E-state index contributed by atoms with van der Waals surface area (Å²) in [5, 5.41) is 3.69. The first kappa shape index (κ1) is 20.1. The predicted octanol–water partition coefficient (Wildman–Crippen LogP) is 5.81. The number of hydrogen-bond acceptors (Lipinski definition) is 3. The van der Waals surface area contributed by atoms with Gasteiger partial charge in [0.25, 0.3) is 0 Å². The van der Waals surface area contributed by atoms with Gasteiger partial charge in [0.1, 0.15) is 5.82 Å². The van der Waals surface area contributed by atoms with Gasteiger partial charge in [-0.25, -0.2) is 9.97 Å². The minimum Gasteiger partial charge on any atom is -0.337 e. The number of carbonyl (C=O) groups excluding carboxylic acids is 1. The van der Waals surface area contributed by atoms with Gasteiger partial charge in [0, 0.05) is 22.5 Å². The van der Waals surface area contributed by atoms with Crippen molar-refractivity contribution >= 4 is 34.4 Å². The highest BCUT2D eigenvalue weighted by Crippen LogP contribution is 2.29.